The van der Waals surface area contributed by atoms with Crippen molar-refractivity contribution in [3.05, 3.63) is 94.5 Å². The van der Waals surface area contributed by atoms with Crippen molar-refractivity contribution in [2.45, 2.75) is 25.4 Å². The van der Waals surface area contributed by atoms with E-state index in [9.17, 15) is 0 Å². The Hall–Kier alpha value is -2.78. The van der Waals surface area contributed by atoms with Gasteiger partial charge in [-0.1, -0.05) is 65.7 Å². The van der Waals surface area contributed by atoms with Gasteiger partial charge >= 0.3 is 0 Å². The molecule has 27 heavy (non-hydrogen) atoms. The number of hydrogen-bond acceptors (Lipinski definition) is 2. The van der Waals surface area contributed by atoms with Crippen molar-refractivity contribution in [1.29, 1.82) is 0 Å². The van der Waals surface area contributed by atoms with Crippen LogP contribution < -0.4 is 5.32 Å². The van der Waals surface area contributed by atoms with E-state index in [0.717, 1.165) is 22.9 Å². The molecule has 4 heteroatoms. The van der Waals surface area contributed by atoms with Gasteiger partial charge in [-0.15, -0.1) is 0 Å². The highest BCUT2D eigenvalue weighted by Crippen LogP contribution is 2.41. The highest BCUT2D eigenvalue weighted by atomic mass is 35.5. The minimum absolute atomic E-state index is 0.192. The monoisotopic (exact) mass is 373 g/mol. The molecule has 0 radical (unpaired) electrons. The number of aryl methyl sites for hydroxylation is 1. The summed E-state index contributed by atoms with van der Waals surface area (Å²) in [5.74, 6) is 0.924. The van der Waals surface area contributed by atoms with Gasteiger partial charge in [0, 0.05) is 5.02 Å². The number of aromatic nitrogens is 2. The molecule has 1 N–H and O–H groups in total. The maximum atomic E-state index is 6.09. The normalized spacial score (nSPS) is 18.9. The van der Waals surface area contributed by atoms with Gasteiger partial charge in [-0.2, -0.15) is 0 Å². The van der Waals surface area contributed by atoms with Gasteiger partial charge in [0.1, 0.15) is 0 Å². The lowest BCUT2D eigenvalue weighted by Crippen LogP contribution is -2.27. The lowest BCUT2D eigenvalue weighted by molar-refractivity contribution is 0.477. The maximum absolute atomic E-state index is 6.09. The molecule has 0 unspecified atom stereocenters. The molecule has 0 saturated carbocycles. The highest BCUT2D eigenvalue weighted by molar-refractivity contribution is 6.30. The SMILES string of the molecule is Cc1ccc([C@@H]2C[C@H](c3ccc(Cl)cc3)Nc3nc4ccccc4n32)cc1. The topological polar surface area (TPSA) is 29.9 Å². The third-order valence-corrected chi connectivity index (χ3v) is 5.66. The fraction of sp³-hybridized carbons (Fsp3) is 0.174. The Morgan fingerprint density at radius 2 is 1.63 bits per heavy atom. The van der Waals surface area contributed by atoms with E-state index in [1.807, 2.05) is 18.2 Å². The summed E-state index contributed by atoms with van der Waals surface area (Å²) in [6.45, 7) is 2.13. The van der Waals surface area contributed by atoms with Crippen LogP contribution in [0.1, 0.15) is 35.2 Å². The summed E-state index contributed by atoms with van der Waals surface area (Å²) in [6.07, 6.45) is 0.956. The molecule has 0 bridgehead atoms. The number of nitrogens with one attached hydrogen (secondary N) is 1. The number of rotatable bonds is 2. The molecule has 3 aromatic carbocycles. The second kappa shape index (κ2) is 6.43. The molecule has 1 aliphatic rings. The summed E-state index contributed by atoms with van der Waals surface area (Å²) < 4.78 is 2.34. The zero-order valence-electron chi connectivity index (χ0n) is 15.1. The molecule has 2 heterocycles. The number of hydrogen-bond donors (Lipinski definition) is 1. The van der Waals surface area contributed by atoms with Crippen LogP contribution in [-0.2, 0) is 0 Å². The molecule has 2 atom stereocenters. The van der Waals surface area contributed by atoms with E-state index in [0.29, 0.717) is 0 Å². The summed E-state index contributed by atoms with van der Waals surface area (Å²) in [5, 5.41) is 4.40. The molecule has 0 aliphatic carbocycles. The first-order chi connectivity index (χ1) is 13.2. The Balaban J connectivity index is 1.65. The van der Waals surface area contributed by atoms with Crippen LogP contribution >= 0.6 is 11.6 Å². The molecular weight excluding hydrogens is 354 g/mol. The van der Waals surface area contributed by atoms with Crippen molar-refractivity contribution < 1.29 is 0 Å². The smallest absolute Gasteiger partial charge is 0.204 e. The average Bonchev–Trinajstić information content (AvgIpc) is 3.07. The van der Waals surface area contributed by atoms with Crippen LogP contribution in [0.4, 0.5) is 5.95 Å². The largest absolute Gasteiger partial charge is 0.349 e. The van der Waals surface area contributed by atoms with Crippen molar-refractivity contribution in [1.82, 2.24) is 9.55 Å². The predicted octanol–water partition coefficient (Wildman–Crippen LogP) is 6.14. The van der Waals surface area contributed by atoms with E-state index >= 15 is 0 Å². The lowest BCUT2D eigenvalue weighted by Gasteiger charge is -2.33. The molecule has 0 amide bonds. The van der Waals surface area contributed by atoms with Gasteiger partial charge in [-0.25, -0.2) is 4.98 Å². The van der Waals surface area contributed by atoms with Gasteiger partial charge in [0.25, 0.3) is 0 Å². The van der Waals surface area contributed by atoms with Crippen molar-refractivity contribution in [2.24, 2.45) is 0 Å². The minimum atomic E-state index is 0.192. The van der Waals surface area contributed by atoms with Crippen LogP contribution in [0, 0.1) is 6.92 Å². The second-order valence-electron chi connectivity index (χ2n) is 7.20. The number of nitrogens with zero attached hydrogens (tertiary/aromatic N) is 2. The maximum Gasteiger partial charge on any atom is 0.204 e. The quantitative estimate of drug-likeness (QED) is 0.457. The van der Waals surface area contributed by atoms with Crippen LogP contribution in [0.15, 0.2) is 72.8 Å². The fourth-order valence-corrected chi connectivity index (χ4v) is 4.12. The third kappa shape index (κ3) is 2.88. The Kier molecular flexibility index (Phi) is 3.91. The Morgan fingerprint density at radius 3 is 2.41 bits per heavy atom. The van der Waals surface area contributed by atoms with Crippen LogP contribution in [0.5, 0.6) is 0 Å². The molecule has 1 aromatic heterocycles. The minimum Gasteiger partial charge on any atom is -0.349 e. The molecule has 3 nitrogen and oxygen atoms in total. The number of para-hydroxylation sites is 2. The highest BCUT2D eigenvalue weighted by Gasteiger charge is 2.30. The predicted molar refractivity (Wildman–Crippen MR) is 111 cm³/mol. The second-order valence-corrected chi connectivity index (χ2v) is 7.64. The van der Waals surface area contributed by atoms with Gasteiger partial charge in [-0.3, -0.25) is 0 Å². The van der Waals surface area contributed by atoms with Crippen LogP contribution in [0.25, 0.3) is 11.0 Å². The number of fused-ring (bicyclic) bond motifs is 3. The van der Waals surface area contributed by atoms with E-state index in [4.69, 9.17) is 16.6 Å². The number of halogens is 1. The van der Waals surface area contributed by atoms with E-state index in [1.165, 1.54) is 22.2 Å². The Bertz CT molecular complexity index is 1100. The van der Waals surface area contributed by atoms with E-state index < -0.39 is 0 Å². The first-order valence-corrected chi connectivity index (χ1v) is 9.62. The Labute approximate surface area is 163 Å². The van der Waals surface area contributed by atoms with E-state index in [1.54, 1.807) is 0 Å². The Morgan fingerprint density at radius 1 is 0.926 bits per heavy atom. The van der Waals surface area contributed by atoms with Gasteiger partial charge in [-0.05, 0) is 48.7 Å². The molecule has 0 saturated heterocycles. The van der Waals surface area contributed by atoms with E-state index in [-0.39, 0.29) is 12.1 Å². The van der Waals surface area contributed by atoms with Gasteiger partial charge in [0.2, 0.25) is 5.95 Å². The van der Waals surface area contributed by atoms with Crippen LogP contribution in [0.3, 0.4) is 0 Å². The molecule has 0 spiro atoms. The molecular formula is C23H20ClN3. The van der Waals surface area contributed by atoms with E-state index in [2.05, 4.69) is 71.4 Å². The molecule has 5 rings (SSSR count). The summed E-state index contributed by atoms with van der Waals surface area (Å²) in [4.78, 5) is 4.87. The van der Waals surface area contributed by atoms with Crippen molar-refractivity contribution in [3.8, 4) is 0 Å². The first kappa shape index (κ1) is 16.4. The van der Waals surface area contributed by atoms with Crippen molar-refractivity contribution >= 4 is 28.6 Å². The number of benzene rings is 3. The molecule has 0 fully saturated rings. The summed E-state index contributed by atoms with van der Waals surface area (Å²) in [5.41, 5.74) is 6.01. The summed E-state index contributed by atoms with van der Waals surface area (Å²) in [7, 11) is 0. The first-order valence-electron chi connectivity index (χ1n) is 9.24. The summed E-state index contributed by atoms with van der Waals surface area (Å²) in [6, 6.07) is 25.7. The lowest BCUT2D eigenvalue weighted by atomic mass is 9.92. The van der Waals surface area contributed by atoms with Gasteiger partial charge < -0.3 is 9.88 Å². The van der Waals surface area contributed by atoms with Crippen LogP contribution in [-0.4, -0.2) is 9.55 Å². The zero-order valence-corrected chi connectivity index (χ0v) is 15.8. The van der Waals surface area contributed by atoms with Gasteiger partial charge in [0.15, 0.2) is 0 Å². The fourth-order valence-electron chi connectivity index (χ4n) is 3.99. The molecule has 134 valence electrons. The third-order valence-electron chi connectivity index (χ3n) is 5.40. The standard InChI is InChI=1S/C23H20ClN3/c1-15-6-8-17(9-7-15)22-14-20(16-10-12-18(24)13-11-16)26-23-25-19-4-2-3-5-21(19)27(22)23/h2-13,20,22H,14H2,1H3,(H,25,26)/t20-,22+/m1/s1. The molecule has 4 aromatic rings. The number of imidazole rings is 1. The van der Waals surface area contributed by atoms with Crippen molar-refractivity contribution in [3.63, 3.8) is 0 Å². The average molecular weight is 374 g/mol. The van der Waals surface area contributed by atoms with Crippen molar-refractivity contribution in [2.75, 3.05) is 5.32 Å². The number of anilines is 1. The zero-order chi connectivity index (χ0) is 18.4. The van der Waals surface area contributed by atoms with Gasteiger partial charge in [0.05, 0.1) is 23.1 Å². The summed E-state index contributed by atoms with van der Waals surface area (Å²) >= 11 is 6.09. The van der Waals surface area contributed by atoms with Crippen LogP contribution in [0.2, 0.25) is 5.02 Å². The molecule has 1 aliphatic heterocycles.